The summed E-state index contributed by atoms with van der Waals surface area (Å²) in [6.07, 6.45) is -2.58. The molecule has 0 aliphatic rings. The second kappa shape index (κ2) is 4.46. The highest BCUT2D eigenvalue weighted by Gasteiger charge is 1.93. The summed E-state index contributed by atoms with van der Waals surface area (Å²) in [6.45, 7) is 0. The first-order valence-corrected chi connectivity index (χ1v) is 3.66. The van der Waals surface area contributed by atoms with Gasteiger partial charge in [-0.25, -0.2) is 0 Å². The molecule has 0 atom stereocenters. The lowest BCUT2D eigenvalue weighted by Crippen LogP contribution is -1.84. The van der Waals surface area contributed by atoms with E-state index in [1.165, 1.54) is 0 Å². The molecule has 1 nitrogen and oxygen atoms in total. The van der Waals surface area contributed by atoms with Crippen LogP contribution in [0.1, 0.15) is 5.56 Å². The van der Waals surface area contributed by atoms with E-state index >= 15 is 0 Å². The van der Waals surface area contributed by atoms with E-state index in [0.717, 1.165) is 0 Å². The molecule has 0 saturated heterocycles. The quantitative estimate of drug-likeness (QED) is 0.605. The third-order valence-corrected chi connectivity index (χ3v) is 1.42. The summed E-state index contributed by atoms with van der Waals surface area (Å²) < 4.78 is 28.2. The van der Waals surface area contributed by atoms with Crippen LogP contribution in [0.15, 0.2) is 24.3 Å². The summed E-state index contributed by atoms with van der Waals surface area (Å²) in [4.78, 5) is 0. The van der Waals surface area contributed by atoms with Crippen molar-refractivity contribution in [1.82, 2.24) is 0 Å². The van der Waals surface area contributed by atoms with Gasteiger partial charge in [0.1, 0.15) is 5.75 Å². The lowest BCUT2D eigenvalue weighted by molar-refractivity contribution is 0.215. The topological polar surface area (TPSA) is 9.23 Å². The van der Waals surface area contributed by atoms with Gasteiger partial charge in [0.25, 0.3) is 6.43 Å². The van der Waals surface area contributed by atoms with Gasteiger partial charge in [0.15, 0.2) is 0 Å². The van der Waals surface area contributed by atoms with Gasteiger partial charge in [0, 0.05) is 5.56 Å². The van der Waals surface area contributed by atoms with Crippen molar-refractivity contribution in [3.05, 3.63) is 29.8 Å². The molecule has 0 fully saturated rings. The summed E-state index contributed by atoms with van der Waals surface area (Å²) >= 11 is 0. The van der Waals surface area contributed by atoms with Crippen molar-refractivity contribution in [3.63, 3.8) is 0 Å². The molecule has 1 rings (SSSR count). The maximum Gasteiger partial charge on any atom is 0.299 e. The summed E-state index contributed by atoms with van der Waals surface area (Å²) in [5.74, 6) is 4.80. The number of ether oxygens (including phenoxy) is 1. The fraction of sp³-hybridized carbons (Fsp3) is 0.200. The Morgan fingerprint density at radius 3 is 2.31 bits per heavy atom. The molecule has 0 radical (unpaired) electrons. The van der Waals surface area contributed by atoms with Gasteiger partial charge >= 0.3 is 0 Å². The van der Waals surface area contributed by atoms with Crippen molar-refractivity contribution >= 4 is 0 Å². The zero-order valence-electron chi connectivity index (χ0n) is 7.05. The number of hydrogen-bond donors (Lipinski definition) is 0. The van der Waals surface area contributed by atoms with Gasteiger partial charge in [-0.3, -0.25) is 0 Å². The smallest absolute Gasteiger partial charge is 0.299 e. The fourth-order valence-electron chi connectivity index (χ4n) is 0.812. The Hall–Kier alpha value is -1.56. The van der Waals surface area contributed by atoms with Crippen LogP contribution in [-0.4, -0.2) is 13.5 Å². The second-order valence-electron chi connectivity index (χ2n) is 2.30. The van der Waals surface area contributed by atoms with E-state index in [0.29, 0.717) is 11.3 Å². The molecule has 0 bridgehead atoms. The lowest BCUT2D eigenvalue weighted by Gasteiger charge is -1.97. The lowest BCUT2D eigenvalue weighted by atomic mass is 10.2. The third-order valence-electron chi connectivity index (χ3n) is 1.42. The molecular formula is C10H8F2O. The number of rotatable bonds is 1. The summed E-state index contributed by atoms with van der Waals surface area (Å²) in [7, 11) is 1.54. The zero-order chi connectivity index (χ0) is 9.68. The minimum Gasteiger partial charge on any atom is -0.497 e. The first-order valence-electron chi connectivity index (χ1n) is 3.66. The summed E-state index contributed by atoms with van der Waals surface area (Å²) in [5.41, 5.74) is 0.557. The summed E-state index contributed by atoms with van der Waals surface area (Å²) in [5, 5.41) is 0. The zero-order valence-corrected chi connectivity index (χ0v) is 7.05. The van der Waals surface area contributed by atoms with Crippen LogP contribution in [0.5, 0.6) is 5.75 Å². The van der Waals surface area contributed by atoms with Crippen LogP contribution in [-0.2, 0) is 0 Å². The molecule has 3 heteroatoms. The second-order valence-corrected chi connectivity index (χ2v) is 2.30. The highest BCUT2D eigenvalue weighted by Crippen LogP contribution is 2.10. The van der Waals surface area contributed by atoms with Gasteiger partial charge in [0.2, 0.25) is 0 Å². The van der Waals surface area contributed by atoms with Crippen molar-refractivity contribution in [3.8, 4) is 17.6 Å². The van der Waals surface area contributed by atoms with Gasteiger partial charge in [0.05, 0.1) is 7.11 Å². The number of hydrogen-bond acceptors (Lipinski definition) is 1. The molecule has 0 aromatic heterocycles. The molecule has 13 heavy (non-hydrogen) atoms. The normalized spacial score (nSPS) is 9.23. The van der Waals surface area contributed by atoms with E-state index in [4.69, 9.17) is 4.74 Å². The van der Waals surface area contributed by atoms with Crippen molar-refractivity contribution < 1.29 is 13.5 Å². The standard InChI is InChI=1S/C10H8F2O/c1-13-9-5-2-8(3-6-9)4-7-10(11)12/h2-3,5-6,10H,1H3. The molecule has 1 aromatic rings. The average molecular weight is 182 g/mol. The maximum absolute atomic E-state index is 11.7. The Balaban J connectivity index is 2.77. The molecule has 0 heterocycles. The molecule has 0 amide bonds. The van der Waals surface area contributed by atoms with E-state index in [9.17, 15) is 8.78 Å². The largest absolute Gasteiger partial charge is 0.497 e. The predicted octanol–water partition coefficient (Wildman–Crippen LogP) is 2.31. The van der Waals surface area contributed by atoms with Crippen molar-refractivity contribution in [1.29, 1.82) is 0 Å². The Kier molecular flexibility index (Phi) is 3.27. The van der Waals surface area contributed by atoms with Gasteiger partial charge in [-0.15, -0.1) is 0 Å². The van der Waals surface area contributed by atoms with Crippen LogP contribution in [0.3, 0.4) is 0 Å². The molecule has 0 N–H and O–H groups in total. The van der Waals surface area contributed by atoms with Crippen molar-refractivity contribution in [2.75, 3.05) is 7.11 Å². The Morgan fingerprint density at radius 2 is 1.85 bits per heavy atom. The Morgan fingerprint density at radius 1 is 1.23 bits per heavy atom. The third kappa shape index (κ3) is 3.12. The molecule has 1 aromatic carbocycles. The van der Waals surface area contributed by atoms with Gasteiger partial charge in [-0.05, 0) is 30.2 Å². The van der Waals surface area contributed by atoms with Crippen molar-refractivity contribution in [2.45, 2.75) is 6.43 Å². The molecule has 0 saturated carbocycles. The fourth-order valence-corrected chi connectivity index (χ4v) is 0.812. The Labute approximate surface area is 75.3 Å². The number of methoxy groups -OCH3 is 1. The van der Waals surface area contributed by atoms with E-state index in [-0.39, 0.29) is 0 Å². The first-order chi connectivity index (χ1) is 6.22. The Bertz CT molecular complexity index is 319. The van der Waals surface area contributed by atoms with Crippen molar-refractivity contribution in [2.24, 2.45) is 0 Å². The minimum atomic E-state index is -2.58. The minimum absolute atomic E-state index is 0.557. The van der Waals surface area contributed by atoms with Crippen LogP contribution in [0.4, 0.5) is 8.78 Å². The van der Waals surface area contributed by atoms with Crippen LogP contribution < -0.4 is 4.74 Å². The average Bonchev–Trinajstić information content (AvgIpc) is 2.15. The molecule has 0 aliphatic carbocycles. The van der Waals surface area contributed by atoms with Crippen LogP contribution in [0.25, 0.3) is 0 Å². The van der Waals surface area contributed by atoms with Gasteiger partial charge in [-0.1, -0.05) is 5.92 Å². The molecule has 0 spiro atoms. The number of benzene rings is 1. The number of halogens is 2. The summed E-state index contributed by atoms with van der Waals surface area (Å²) in [6, 6.07) is 6.62. The molecule has 0 unspecified atom stereocenters. The number of alkyl halides is 2. The predicted molar refractivity (Wildman–Crippen MR) is 45.9 cm³/mol. The van der Waals surface area contributed by atoms with E-state index < -0.39 is 6.43 Å². The van der Waals surface area contributed by atoms with E-state index in [2.05, 4.69) is 5.92 Å². The van der Waals surface area contributed by atoms with E-state index in [1.807, 2.05) is 0 Å². The monoisotopic (exact) mass is 182 g/mol. The highest BCUT2D eigenvalue weighted by atomic mass is 19.3. The van der Waals surface area contributed by atoms with Gasteiger partial charge < -0.3 is 4.74 Å². The first kappa shape index (κ1) is 9.53. The SMILES string of the molecule is COc1ccc(C#CC(F)F)cc1. The van der Waals surface area contributed by atoms with Crippen LogP contribution >= 0.6 is 0 Å². The highest BCUT2D eigenvalue weighted by molar-refractivity contribution is 5.38. The molecule has 0 aliphatic heterocycles. The maximum atomic E-state index is 11.7. The molecular weight excluding hydrogens is 174 g/mol. The van der Waals surface area contributed by atoms with E-state index in [1.54, 1.807) is 37.3 Å². The molecule has 68 valence electrons. The van der Waals surface area contributed by atoms with Crippen LogP contribution in [0, 0.1) is 11.8 Å². The van der Waals surface area contributed by atoms with Gasteiger partial charge in [-0.2, -0.15) is 8.78 Å². The van der Waals surface area contributed by atoms with Crippen LogP contribution in [0.2, 0.25) is 0 Å².